The number of aliphatic imine (C=N–C) groups is 1. The van der Waals surface area contributed by atoms with E-state index in [1.807, 2.05) is 19.2 Å². The van der Waals surface area contributed by atoms with Gasteiger partial charge in [-0.2, -0.15) is 0 Å². The van der Waals surface area contributed by atoms with Crippen LogP contribution in [0.3, 0.4) is 0 Å². The van der Waals surface area contributed by atoms with Gasteiger partial charge >= 0.3 is 0 Å². The van der Waals surface area contributed by atoms with Gasteiger partial charge in [0.1, 0.15) is 5.75 Å². The summed E-state index contributed by atoms with van der Waals surface area (Å²) < 4.78 is 5.16. The molecule has 0 radical (unpaired) electrons. The van der Waals surface area contributed by atoms with Crippen LogP contribution in [-0.4, -0.2) is 32.7 Å². The Hall–Kier alpha value is -0.980. The molecule has 0 amide bonds. The van der Waals surface area contributed by atoms with Crippen molar-refractivity contribution >= 4 is 29.9 Å². The largest absolute Gasteiger partial charge is 0.497 e. The molecule has 21 heavy (non-hydrogen) atoms. The lowest BCUT2D eigenvalue weighted by atomic mass is 10.1. The van der Waals surface area contributed by atoms with Crippen molar-refractivity contribution < 1.29 is 4.74 Å². The van der Waals surface area contributed by atoms with Crippen molar-refractivity contribution in [2.45, 2.75) is 38.1 Å². The van der Waals surface area contributed by atoms with Gasteiger partial charge in [0.2, 0.25) is 0 Å². The first-order chi connectivity index (χ1) is 9.81. The average Bonchev–Trinajstić information content (AvgIpc) is 3.30. The van der Waals surface area contributed by atoms with Crippen molar-refractivity contribution in [2.24, 2.45) is 4.99 Å². The number of benzene rings is 1. The summed E-state index contributed by atoms with van der Waals surface area (Å²) in [7, 11) is 3.53. The van der Waals surface area contributed by atoms with Crippen LogP contribution in [0.5, 0.6) is 5.75 Å². The van der Waals surface area contributed by atoms with E-state index in [1.165, 1.54) is 24.8 Å². The third-order valence-corrected chi connectivity index (χ3v) is 3.49. The molecule has 4 nitrogen and oxygen atoms in total. The van der Waals surface area contributed by atoms with Gasteiger partial charge in [0.05, 0.1) is 7.11 Å². The van der Waals surface area contributed by atoms with Gasteiger partial charge in [-0.3, -0.25) is 4.99 Å². The summed E-state index contributed by atoms with van der Waals surface area (Å²) in [6.07, 6.45) is 5.99. The Bertz CT molecular complexity index is 430. The van der Waals surface area contributed by atoms with Gasteiger partial charge in [0.25, 0.3) is 0 Å². The maximum atomic E-state index is 5.16. The molecule has 118 valence electrons. The van der Waals surface area contributed by atoms with Crippen molar-refractivity contribution in [3.05, 3.63) is 29.8 Å². The first kappa shape index (κ1) is 18.1. The number of aryl methyl sites for hydroxylation is 1. The first-order valence-electron chi connectivity index (χ1n) is 7.42. The lowest BCUT2D eigenvalue weighted by Crippen LogP contribution is -2.38. The number of halogens is 1. The van der Waals surface area contributed by atoms with E-state index < -0.39 is 0 Å². The monoisotopic (exact) mass is 403 g/mol. The van der Waals surface area contributed by atoms with E-state index >= 15 is 0 Å². The second-order valence-electron chi connectivity index (χ2n) is 5.22. The fourth-order valence-electron chi connectivity index (χ4n) is 2.07. The van der Waals surface area contributed by atoms with Crippen molar-refractivity contribution in [3.8, 4) is 5.75 Å². The van der Waals surface area contributed by atoms with Crippen molar-refractivity contribution in [1.82, 2.24) is 10.6 Å². The second kappa shape index (κ2) is 9.87. The standard InChI is InChI=1S/C16H25N3O.HI/c1-17-16(19-14-8-9-14)18-12-4-3-5-13-6-10-15(20-2)11-7-13;/h6-7,10-11,14H,3-5,8-9,12H2,1-2H3,(H2,17,18,19);1H. The lowest BCUT2D eigenvalue weighted by Gasteiger charge is -2.10. The normalized spacial score (nSPS) is 14.3. The van der Waals surface area contributed by atoms with Gasteiger partial charge in [-0.25, -0.2) is 0 Å². The molecule has 1 aliphatic rings. The van der Waals surface area contributed by atoms with Crippen LogP contribution >= 0.6 is 24.0 Å². The number of nitrogens with zero attached hydrogens (tertiary/aromatic N) is 1. The van der Waals surface area contributed by atoms with E-state index in [-0.39, 0.29) is 24.0 Å². The molecule has 0 spiro atoms. The van der Waals surface area contributed by atoms with E-state index in [1.54, 1.807) is 7.11 Å². The topological polar surface area (TPSA) is 45.7 Å². The van der Waals surface area contributed by atoms with Crippen molar-refractivity contribution in [2.75, 3.05) is 20.7 Å². The summed E-state index contributed by atoms with van der Waals surface area (Å²) in [5.74, 6) is 1.86. The quantitative estimate of drug-likeness (QED) is 0.319. The van der Waals surface area contributed by atoms with Crippen LogP contribution in [-0.2, 0) is 6.42 Å². The Balaban J connectivity index is 0.00000220. The first-order valence-corrected chi connectivity index (χ1v) is 7.42. The minimum Gasteiger partial charge on any atom is -0.497 e. The summed E-state index contributed by atoms with van der Waals surface area (Å²) >= 11 is 0. The maximum absolute atomic E-state index is 5.16. The molecule has 1 aromatic carbocycles. The van der Waals surface area contributed by atoms with Crippen LogP contribution in [0.2, 0.25) is 0 Å². The maximum Gasteiger partial charge on any atom is 0.191 e. The molecule has 0 bridgehead atoms. The molecule has 2 N–H and O–H groups in total. The van der Waals surface area contributed by atoms with Crippen molar-refractivity contribution in [3.63, 3.8) is 0 Å². The van der Waals surface area contributed by atoms with Crippen LogP contribution in [0.25, 0.3) is 0 Å². The molecule has 0 heterocycles. The lowest BCUT2D eigenvalue weighted by molar-refractivity contribution is 0.414. The smallest absolute Gasteiger partial charge is 0.191 e. The Morgan fingerprint density at radius 2 is 1.95 bits per heavy atom. The number of hydrogen-bond acceptors (Lipinski definition) is 2. The van der Waals surface area contributed by atoms with Crippen molar-refractivity contribution in [1.29, 1.82) is 0 Å². The number of ether oxygens (including phenoxy) is 1. The highest BCUT2D eigenvalue weighted by Crippen LogP contribution is 2.18. The highest BCUT2D eigenvalue weighted by molar-refractivity contribution is 14.0. The van der Waals surface area contributed by atoms with Gasteiger partial charge in [-0.05, 0) is 49.8 Å². The Morgan fingerprint density at radius 1 is 1.24 bits per heavy atom. The predicted octanol–water partition coefficient (Wildman–Crippen LogP) is 2.96. The number of rotatable bonds is 7. The fourth-order valence-corrected chi connectivity index (χ4v) is 2.07. The number of guanidine groups is 1. The van der Waals surface area contributed by atoms with E-state index in [4.69, 9.17) is 4.74 Å². The molecule has 0 unspecified atom stereocenters. The Morgan fingerprint density at radius 3 is 2.52 bits per heavy atom. The van der Waals surface area contributed by atoms with Gasteiger partial charge in [-0.1, -0.05) is 12.1 Å². The van der Waals surface area contributed by atoms with E-state index in [0.717, 1.165) is 31.1 Å². The van der Waals surface area contributed by atoms with E-state index in [0.29, 0.717) is 6.04 Å². The van der Waals surface area contributed by atoms with Gasteiger partial charge in [0.15, 0.2) is 5.96 Å². The highest BCUT2D eigenvalue weighted by Gasteiger charge is 2.21. The van der Waals surface area contributed by atoms with Crippen LogP contribution in [0.15, 0.2) is 29.3 Å². The summed E-state index contributed by atoms with van der Waals surface area (Å²) in [5.41, 5.74) is 1.37. The summed E-state index contributed by atoms with van der Waals surface area (Å²) in [5, 5.41) is 6.75. The minimum absolute atomic E-state index is 0. The number of nitrogens with one attached hydrogen (secondary N) is 2. The number of unbranched alkanes of at least 4 members (excludes halogenated alkanes) is 1. The molecular weight excluding hydrogens is 377 g/mol. The van der Waals surface area contributed by atoms with Gasteiger partial charge in [-0.15, -0.1) is 24.0 Å². The molecule has 1 fully saturated rings. The van der Waals surface area contributed by atoms with Crippen LogP contribution in [0.4, 0.5) is 0 Å². The highest BCUT2D eigenvalue weighted by atomic mass is 127. The molecule has 5 heteroatoms. The zero-order valence-corrected chi connectivity index (χ0v) is 15.2. The molecule has 0 saturated heterocycles. The predicted molar refractivity (Wildman–Crippen MR) is 98.9 cm³/mol. The van der Waals surface area contributed by atoms with E-state index in [2.05, 4.69) is 27.8 Å². The third-order valence-electron chi connectivity index (χ3n) is 3.49. The average molecular weight is 403 g/mol. The zero-order valence-electron chi connectivity index (χ0n) is 12.9. The van der Waals surface area contributed by atoms with Crippen LogP contribution in [0.1, 0.15) is 31.2 Å². The summed E-state index contributed by atoms with van der Waals surface area (Å²) in [4.78, 5) is 4.22. The van der Waals surface area contributed by atoms with E-state index in [9.17, 15) is 0 Å². The molecule has 0 aliphatic heterocycles. The molecule has 0 aromatic heterocycles. The molecule has 1 aromatic rings. The van der Waals surface area contributed by atoms with Gasteiger partial charge < -0.3 is 15.4 Å². The second-order valence-corrected chi connectivity index (χ2v) is 5.22. The zero-order chi connectivity index (χ0) is 14.2. The number of hydrogen-bond donors (Lipinski definition) is 2. The Labute approximate surface area is 144 Å². The molecule has 1 saturated carbocycles. The summed E-state index contributed by atoms with van der Waals surface area (Å²) in [6.45, 7) is 0.975. The third kappa shape index (κ3) is 7.02. The van der Waals surface area contributed by atoms with Crippen LogP contribution in [0, 0.1) is 0 Å². The number of methoxy groups -OCH3 is 1. The SMILES string of the molecule is CN=C(NCCCCc1ccc(OC)cc1)NC1CC1.I. The molecular formula is C16H26IN3O. The van der Waals surface area contributed by atoms with Crippen LogP contribution < -0.4 is 15.4 Å². The molecule has 1 aliphatic carbocycles. The fraction of sp³-hybridized carbons (Fsp3) is 0.562. The Kier molecular flexibility index (Phi) is 8.49. The molecule has 2 rings (SSSR count). The summed E-state index contributed by atoms with van der Waals surface area (Å²) in [6, 6.07) is 8.98. The molecule has 0 atom stereocenters. The van der Waals surface area contributed by atoms with Gasteiger partial charge in [0, 0.05) is 19.6 Å². The minimum atomic E-state index is 0.